The predicted molar refractivity (Wildman–Crippen MR) is 155 cm³/mol. The van der Waals surface area contributed by atoms with E-state index in [1.807, 2.05) is 25.4 Å². The second-order valence-corrected chi connectivity index (χ2v) is 10.2. The summed E-state index contributed by atoms with van der Waals surface area (Å²) in [4.78, 5) is 22.1. The highest BCUT2D eigenvalue weighted by atomic mass is 19.3. The van der Waals surface area contributed by atoms with Crippen LogP contribution in [-0.2, 0) is 11.2 Å². The molecular formula is C33H42F2N2O3. The first-order chi connectivity index (χ1) is 19.5. The lowest BCUT2D eigenvalue weighted by atomic mass is 10.0. The summed E-state index contributed by atoms with van der Waals surface area (Å²) in [6.07, 6.45) is 12.6. The molecule has 216 valence electrons. The van der Waals surface area contributed by atoms with Crippen LogP contribution in [0.25, 0.3) is 11.4 Å². The van der Waals surface area contributed by atoms with Gasteiger partial charge in [-0.3, -0.25) is 0 Å². The van der Waals surface area contributed by atoms with E-state index in [1.165, 1.54) is 50.7 Å². The van der Waals surface area contributed by atoms with Gasteiger partial charge in [0.2, 0.25) is 6.43 Å². The Labute approximate surface area is 237 Å². The lowest BCUT2D eigenvalue weighted by Gasteiger charge is -2.17. The highest BCUT2D eigenvalue weighted by Gasteiger charge is 2.23. The van der Waals surface area contributed by atoms with Crippen LogP contribution in [0.3, 0.4) is 0 Å². The van der Waals surface area contributed by atoms with Crippen molar-refractivity contribution < 1.29 is 23.0 Å². The van der Waals surface area contributed by atoms with Crippen LogP contribution in [0.15, 0.2) is 60.9 Å². The van der Waals surface area contributed by atoms with Crippen LogP contribution in [-0.4, -0.2) is 35.6 Å². The number of carbonyl (C=O) groups is 1. The van der Waals surface area contributed by atoms with Crippen molar-refractivity contribution in [2.45, 2.75) is 90.4 Å². The van der Waals surface area contributed by atoms with Gasteiger partial charge in [0.15, 0.2) is 5.82 Å². The molecule has 0 aliphatic heterocycles. The summed E-state index contributed by atoms with van der Waals surface area (Å²) in [5.74, 6) is -0.871. The number of esters is 1. The number of ether oxygens (including phenoxy) is 2. The zero-order valence-electron chi connectivity index (χ0n) is 23.8. The maximum Gasteiger partial charge on any atom is 0.344 e. The van der Waals surface area contributed by atoms with Crippen molar-refractivity contribution in [3.8, 4) is 17.1 Å². The van der Waals surface area contributed by atoms with Crippen LogP contribution < -0.4 is 4.74 Å². The predicted octanol–water partition coefficient (Wildman–Crippen LogP) is 8.82. The Morgan fingerprint density at radius 2 is 1.48 bits per heavy atom. The molecule has 0 saturated heterocycles. The molecule has 5 nitrogen and oxygen atoms in total. The number of halogens is 2. The van der Waals surface area contributed by atoms with Gasteiger partial charge < -0.3 is 9.47 Å². The van der Waals surface area contributed by atoms with Gasteiger partial charge in [-0.05, 0) is 48.6 Å². The van der Waals surface area contributed by atoms with Crippen LogP contribution in [0, 0.1) is 0 Å². The molecule has 0 aliphatic carbocycles. The zero-order chi connectivity index (χ0) is 28.6. The summed E-state index contributed by atoms with van der Waals surface area (Å²) in [6.45, 7) is 4.65. The number of unbranched alkanes of at least 4 members (excludes halogenated alkanes) is 7. The van der Waals surface area contributed by atoms with Crippen LogP contribution in [0.2, 0.25) is 0 Å². The zero-order valence-corrected chi connectivity index (χ0v) is 23.8. The van der Waals surface area contributed by atoms with E-state index < -0.39 is 18.3 Å². The minimum atomic E-state index is -2.55. The van der Waals surface area contributed by atoms with E-state index >= 15 is 0 Å². The standard InChI is InChI=1S/C33H42F2N2O3/c1-3-5-7-8-9-10-11-14-25-22-36-32(37-23-25)28-15-12-13-16-29(28)33(38)40-27-19-17-26(18-20-27)30(31(34)35)24-39-21-6-4-2/h12-13,15-20,22-23,30-31H,3-11,14,21,24H2,1-2H3/t30-/m0/s1. The molecule has 7 heteroatoms. The van der Waals surface area contributed by atoms with Gasteiger partial charge in [0.1, 0.15) is 5.75 Å². The maximum absolute atomic E-state index is 13.6. The number of hydrogen-bond acceptors (Lipinski definition) is 5. The molecule has 0 saturated carbocycles. The number of aromatic nitrogens is 2. The third kappa shape index (κ3) is 10.1. The van der Waals surface area contributed by atoms with Gasteiger partial charge >= 0.3 is 5.97 Å². The summed E-state index contributed by atoms with van der Waals surface area (Å²) in [5, 5.41) is 0. The molecule has 0 fully saturated rings. The van der Waals surface area contributed by atoms with Gasteiger partial charge in [0.05, 0.1) is 18.1 Å². The Morgan fingerprint density at radius 1 is 0.825 bits per heavy atom. The first kappa shape index (κ1) is 31.3. The Hall–Kier alpha value is -3.19. The van der Waals surface area contributed by atoms with Crippen molar-refractivity contribution in [2.75, 3.05) is 13.2 Å². The fraction of sp³-hybridized carbons (Fsp3) is 0.485. The monoisotopic (exact) mass is 552 g/mol. The number of aryl methyl sites for hydroxylation is 1. The molecule has 0 bridgehead atoms. The van der Waals surface area contributed by atoms with Crippen molar-refractivity contribution in [1.82, 2.24) is 9.97 Å². The number of nitrogens with zero attached hydrogens (tertiary/aromatic N) is 2. The molecule has 2 aromatic carbocycles. The molecule has 0 unspecified atom stereocenters. The van der Waals surface area contributed by atoms with Crippen molar-refractivity contribution in [1.29, 1.82) is 0 Å². The average Bonchev–Trinajstić information content (AvgIpc) is 2.97. The SMILES string of the molecule is CCCCCCCCCc1cnc(-c2ccccc2C(=O)Oc2ccc([C@H](COCCCC)C(F)F)cc2)nc1. The molecule has 1 atom stereocenters. The number of alkyl halides is 2. The summed E-state index contributed by atoms with van der Waals surface area (Å²) in [7, 11) is 0. The van der Waals surface area contributed by atoms with Crippen molar-refractivity contribution in [2.24, 2.45) is 0 Å². The van der Waals surface area contributed by atoms with Gasteiger partial charge in [-0.2, -0.15) is 0 Å². The minimum absolute atomic E-state index is 0.0536. The van der Waals surface area contributed by atoms with Crippen LogP contribution >= 0.6 is 0 Å². The van der Waals surface area contributed by atoms with Gasteiger partial charge in [-0.1, -0.05) is 89.1 Å². The molecule has 3 rings (SSSR count). The van der Waals surface area contributed by atoms with E-state index in [9.17, 15) is 13.6 Å². The van der Waals surface area contributed by atoms with E-state index in [0.29, 0.717) is 29.1 Å². The largest absolute Gasteiger partial charge is 0.423 e. The molecule has 0 spiro atoms. The lowest BCUT2D eigenvalue weighted by molar-refractivity contribution is 0.0425. The topological polar surface area (TPSA) is 61.3 Å². The molecule has 0 amide bonds. The van der Waals surface area contributed by atoms with Gasteiger partial charge in [-0.15, -0.1) is 0 Å². The van der Waals surface area contributed by atoms with E-state index in [1.54, 1.807) is 30.3 Å². The number of hydrogen-bond donors (Lipinski definition) is 0. The third-order valence-electron chi connectivity index (χ3n) is 6.92. The normalized spacial score (nSPS) is 12.0. The third-order valence-corrected chi connectivity index (χ3v) is 6.92. The smallest absolute Gasteiger partial charge is 0.344 e. The molecule has 0 radical (unpaired) electrons. The van der Waals surface area contributed by atoms with Crippen LogP contribution in [0.1, 0.15) is 99.0 Å². The second-order valence-electron chi connectivity index (χ2n) is 10.2. The van der Waals surface area contributed by atoms with Gasteiger partial charge in [0.25, 0.3) is 0 Å². The number of benzene rings is 2. The lowest BCUT2D eigenvalue weighted by Crippen LogP contribution is -2.16. The van der Waals surface area contributed by atoms with Crippen molar-refractivity contribution in [3.05, 3.63) is 77.6 Å². The highest BCUT2D eigenvalue weighted by molar-refractivity contribution is 5.97. The van der Waals surface area contributed by atoms with Gasteiger partial charge in [-0.25, -0.2) is 23.5 Å². The molecular weight excluding hydrogens is 510 g/mol. The fourth-order valence-electron chi connectivity index (χ4n) is 4.48. The fourth-order valence-corrected chi connectivity index (χ4v) is 4.48. The van der Waals surface area contributed by atoms with E-state index in [4.69, 9.17) is 9.47 Å². The Morgan fingerprint density at radius 3 is 2.15 bits per heavy atom. The van der Waals surface area contributed by atoms with Crippen LogP contribution in [0.5, 0.6) is 5.75 Å². The van der Waals surface area contributed by atoms with Gasteiger partial charge in [0, 0.05) is 24.6 Å². The summed E-state index contributed by atoms with van der Waals surface area (Å²) < 4.78 is 38.2. The molecule has 3 aromatic rings. The molecule has 0 N–H and O–H groups in total. The average molecular weight is 553 g/mol. The van der Waals surface area contributed by atoms with Crippen LogP contribution in [0.4, 0.5) is 8.78 Å². The molecule has 1 aromatic heterocycles. The van der Waals surface area contributed by atoms with E-state index in [2.05, 4.69) is 16.9 Å². The molecule has 40 heavy (non-hydrogen) atoms. The summed E-state index contributed by atoms with van der Waals surface area (Å²) in [6, 6.07) is 13.2. The molecule has 0 aliphatic rings. The van der Waals surface area contributed by atoms with Crippen molar-refractivity contribution >= 4 is 5.97 Å². The first-order valence-corrected chi connectivity index (χ1v) is 14.6. The number of rotatable bonds is 18. The Bertz CT molecular complexity index is 1140. The summed E-state index contributed by atoms with van der Waals surface area (Å²) in [5.41, 5.74) is 2.43. The Kier molecular flexibility index (Phi) is 13.7. The van der Waals surface area contributed by atoms with E-state index in [0.717, 1.165) is 31.2 Å². The Balaban J connectivity index is 1.59. The number of carbonyl (C=O) groups excluding carboxylic acids is 1. The summed E-state index contributed by atoms with van der Waals surface area (Å²) >= 11 is 0. The first-order valence-electron chi connectivity index (χ1n) is 14.6. The minimum Gasteiger partial charge on any atom is -0.423 e. The molecule has 1 heterocycles. The quantitative estimate of drug-likeness (QED) is 0.0896. The maximum atomic E-state index is 13.6. The second kappa shape index (κ2) is 17.5. The highest BCUT2D eigenvalue weighted by Crippen LogP contribution is 2.27. The van der Waals surface area contributed by atoms with Crippen molar-refractivity contribution in [3.63, 3.8) is 0 Å². The van der Waals surface area contributed by atoms with E-state index in [-0.39, 0.29) is 12.4 Å².